The van der Waals surface area contributed by atoms with Crippen molar-refractivity contribution in [3.8, 4) is 23.0 Å². The van der Waals surface area contributed by atoms with Gasteiger partial charge in [0.25, 0.3) is 60.7 Å². The summed E-state index contributed by atoms with van der Waals surface area (Å²) in [5.41, 5.74) is -7.17. The highest BCUT2D eigenvalue weighted by Crippen LogP contribution is 2.49. The largest absolute Gasteiger partial charge is 0.506 e. The molecule has 0 fully saturated rings. The molecule has 0 heterocycles. The monoisotopic (exact) mass is 1600 g/mol. The SMILES string of the molecule is O=S(=O)(O)OCCS(=O)(=O)c1ccc(/N=N/c2c(S(=O)(=O)O)cc3cc(S(=O)(=O)O)cc(/N=N/c4ccc(Nc5ccc(/N=N/c6cc(S(=O)(=O)O)cc7cc(S(=O)(=O)O)c(/N=N/c8ccc(S(=O)(=O)CCOS(=O)(=O)O)cc8S(=O)(=O)O)c(O)c67)c(O)c5)cc4O)c3c2O)c(S(=O)(=O)O)c1. The Balaban J connectivity index is 1.11. The van der Waals surface area contributed by atoms with Crippen molar-refractivity contribution >= 4 is 180 Å². The number of fused-ring (bicyclic) bond motifs is 2. The van der Waals surface area contributed by atoms with Crippen molar-refractivity contribution in [3.05, 3.63) is 109 Å². The maximum Gasteiger partial charge on any atom is 0.397 e. The number of sulfone groups is 2. The number of hydrogen-bond acceptors (Lipinski definition) is 35. The van der Waals surface area contributed by atoms with Gasteiger partial charge in [-0.3, -0.25) is 36.4 Å². The second-order valence-corrected chi connectivity index (χ2v) is 34.6. The quantitative estimate of drug-likeness (QED) is 0.0194. The summed E-state index contributed by atoms with van der Waals surface area (Å²) in [7, 11) is -52.4. The Morgan fingerprint density at radius 2 is 0.614 bits per heavy atom. The maximum atomic E-state index is 12.8. The third-order valence-electron chi connectivity index (χ3n) is 12.9. The van der Waals surface area contributed by atoms with E-state index >= 15 is 0 Å². The predicted octanol–water partition coefficient (Wildman–Crippen LogP) is 6.89. The van der Waals surface area contributed by atoms with E-state index in [-0.39, 0.29) is 23.5 Å². The lowest BCUT2D eigenvalue weighted by molar-refractivity contribution is 0.282. The van der Waals surface area contributed by atoms with E-state index in [1.165, 1.54) is 12.1 Å². The fraction of sp³-hybridized carbons (Fsp3) is 0.0833. The summed E-state index contributed by atoms with van der Waals surface area (Å²) in [5.74, 6) is -6.66. The molecule has 0 atom stereocenters. The van der Waals surface area contributed by atoms with E-state index in [9.17, 15) is 132 Å². The van der Waals surface area contributed by atoms with Gasteiger partial charge in [0.2, 0.25) is 0 Å². The lowest BCUT2D eigenvalue weighted by atomic mass is 10.1. The molecule has 43 nitrogen and oxygen atoms in total. The Labute approximate surface area is 567 Å². The lowest BCUT2D eigenvalue weighted by Gasteiger charge is -2.12. The Kier molecular flexibility index (Phi) is 21.5. The van der Waals surface area contributed by atoms with Gasteiger partial charge in [0, 0.05) is 23.5 Å². The van der Waals surface area contributed by atoms with Crippen LogP contribution >= 0.6 is 0 Å². The molecule has 101 heavy (non-hydrogen) atoms. The van der Waals surface area contributed by atoms with Gasteiger partial charge in [0.1, 0.15) is 65.2 Å². The van der Waals surface area contributed by atoms with Gasteiger partial charge in [0.15, 0.2) is 31.2 Å². The second kappa shape index (κ2) is 28.0. The average Bonchev–Trinajstić information content (AvgIpc) is 0.757. The number of benzene rings is 8. The summed E-state index contributed by atoms with van der Waals surface area (Å²) in [6.45, 7) is -2.36. The molecule has 0 aromatic heterocycles. The van der Waals surface area contributed by atoms with Crippen molar-refractivity contribution < 1.29 is 149 Å². The van der Waals surface area contributed by atoms with Crippen LogP contribution in [0.2, 0.25) is 0 Å². The molecule has 0 spiro atoms. The Morgan fingerprint density at radius 3 is 0.911 bits per heavy atom. The molecule has 0 aliphatic heterocycles. The summed E-state index contributed by atoms with van der Waals surface area (Å²) in [4.78, 5) is -9.49. The predicted molar refractivity (Wildman–Crippen MR) is 338 cm³/mol. The van der Waals surface area contributed by atoms with Gasteiger partial charge in [-0.1, -0.05) is 0 Å². The molecule has 8 aromatic carbocycles. The van der Waals surface area contributed by atoms with Gasteiger partial charge in [-0.05, 0) is 108 Å². The number of phenols is 4. The topological polar surface area (TPSA) is 714 Å². The molecule has 0 radical (unpaired) electrons. The van der Waals surface area contributed by atoms with Crippen LogP contribution in [0.5, 0.6) is 23.0 Å². The number of nitrogens with one attached hydrogen (secondary N) is 1. The van der Waals surface area contributed by atoms with Crippen molar-refractivity contribution in [1.82, 2.24) is 0 Å². The molecule has 0 bridgehead atoms. The minimum Gasteiger partial charge on any atom is -0.506 e. The Morgan fingerprint density at radius 1 is 0.307 bits per heavy atom. The van der Waals surface area contributed by atoms with Crippen LogP contribution < -0.4 is 5.32 Å². The molecule has 53 heteroatoms. The van der Waals surface area contributed by atoms with Crippen molar-refractivity contribution in [2.75, 3.05) is 30.0 Å². The van der Waals surface area contributed by atoms with Gasteiger partial charge < -0.3 is 25.7 Å². The molecule has 0 saturated carbocycles. The number of phenolic OH excluding ortho intramolecular Hbond substituents is 4. The number of anilines is 2. The van der Waals surface area contributed by atoms with Gasteiger partial charge in [-0.2, -0.15) is 67.3 Å². The number of rotatable bonds is 26. The maximum absolute atomic E-state index is 12.8. The second-order valence-electron chi connectivity index (χ2n) is 19.8. The molecule has 13 N–H and O–H groups in total. The van der Waals surface area contributed by atoms with E-state index in [2.05, 4.69) is 54.6 Å². The van der Waals surface area contributed by atoms with E-state index in [0.717, 1.165) is 24.3 Å². The molecule has 0 unspecified atom stereocenters. The van der Waals surface area contributed by atoms with E-state index in [4.69, 9.17) is 9.11 Å². The standard InChI is InChI=1S/C48H39N9O34S10/c58-37-17-25(1-5-31(37)50-54-35-19-29(94(66,67)68)13-23-15-41(98(78,79)80)45(47(60)43(23)35)56-52-33-7-3-27(21-39(33)96(72,73)74)92(62,63)11-9-90-100(84,85)86)49-26-2-6-32(38(59)18-26)51-55-36-20-30(95(69,70)71)14-24-16-42(99(81,82)83)46(48(61)44(24)36)57-53-34-8-4-28(22-40(34)97(75,76)77)93(64,65)12-10-91-101(87,88)89/h1-8,13-22,49,58-61H,9-12H2,(H,66,67,68)(H,69,70,71)(H,72,73,74)(H,75,76,77)(H,78,79,80)(H,81,82,83)(H,84,85,86)(H,87,88,89)/b54-50+,55-51+,56-52+,57-53+. The van der Waals surface area contributed by atoms with Crippen molar-refractivity contribution in [2.24, 2.45) is 40.9 Å². The van der Waals surface area contributed by atoms with Crippen LogP contribution in [0.4, 0.5) is 56.9 Å². The first-order chi connectivity index (χ1) is 46.2. The first kappa shape index (κ1) is 77.5. The third-order valence-corrected chi connectivity index (χ3v) is 22.4. The van der Waals surface area contributed by atoms with Crippen LogP contribution in [0.25, 0.3) is 21.5 Å². The first-order valence-electron chi connectivity index (χ1n) is 25.8. The normalized spacial score (nSPS) is 13.6. The minimum atomic E-state index is -5.60. The van der Waals surface area contributed by atoms with Crippen LogP contribution in [0.3, 0.4) is 0 Å². The highest BCUT2D eigenvalue weighted by atomic mass is 32.3. The molecule has 0 aliphatic carbocycles. The zero-order valence-corrected chi connectivity index (χ0v) is 56.9. The van der Waals surface area contributed by atoms with E-state index in [1.54, 1.807) is 0 Å². The van der Waals surface area contributed by atoms with Crippen molar-refractivity contribution in [1.29, 1.82) is 0 Å². The Hall–Kier alpha value is -9.22. The molecular weight excluding hydrogens is 1570 g/mol. The zero-order chi connectivity index (χ0) is 75.3. The van der Waals surface area contributed by atoms with E-state index in [0.29, 0.717) is 60.7 Å². The van der Waals surface area contributed by atoms with E-state index < -0.39 is 255 Å². The summed E-state index contributed by atoms with van der Waals surface area (Å²) >= 11 is 0. The Bertz CT molecular complexity index is 5820. The summed E-state index contributed by atoms with van der Waals surface area (Å²) in [5, 5.41) is 74.6. The molecular formula is C48H39N9O34S10. The van der Waals surface area contributed by atoms with Gasteiger partial charge >= 0.3 is 20.8 Å². The molecule has 0 amide bonds. The van der Waals surface area contributed by atoms with Gasteiger partial charge in [-0.25, -0.2) is 25.2 Å². The van der Waals surface area contributed by atoms with Gasteiger partial charge in [0.05, 0.1) is 66.4 Å². The fourth-order valence-corrected chi connectivity index (χ4v) is 15.4. The van der Waals surface area contributed by atoms with E-state index in [1.807, 2.05) is 0 Å². The van der Waals surface area contributed by atoms with Crippen LogP contribution in [-0.4, -0.2) is 166 Å². The number of aromatic hydroxyl groups is 4. The molecule has 8 aromatic rings. The van der Waals surface area contributed by atoms with Crippen molar-refractivity contribution in [3.63, 3.8) is 0 Å². The van der Waals surface area contributed by atoms with Crippen LogP contribution in [-0.2, 0) is 110 Å². The number of nitrogens with zero attached hydrogens (tertiary/aromatic N) is 8. The third kappa shape index (κ3) is 18.9. The molecule has 0 aliphatic rings. The highest BCUT2D eigenvalue weighted by molar-refractivity contribution is 7.92. The van der Waals surface area contributed by atoms with Crippen LogP contribution in [0.15, 0.2) is 189 Å². The smallest absolute Gasteiger partial charge is 0.397 e. The molecule has 540 valence electrons. The lowest BCUT2D eigenvalue weighted by Crippen LogP contribution is -2.16. The summed E-state index contributed by atoms with van der Waals surface area (Å²) in [6.07, 6.45) is 0. The first-order valence-corrected chi connectivity index (χ1v) is 40.5. The minimum absolute atomic E-state index is 0.0273. The molecule has 8 rings (SSSR count). The number of hydrogen-bond donors (Lipinski definition) is 13. The van der Waals surface area contributed by atoms with Crippen LogP contribution in [0, 0.1) is 0 Å². The molecule has 0 saturated heterocycles. The van der Waals surface area contributed by atoms with Crippen LogP contribution in [0.1, 0.15) is 0 Å². The number of azo groups is 4. The van der Waals surface area contributed by atoms with Gasteiger partial charge in [-0.15, -0.1) is 40.9 Å². The van der Waals surface area contributed by atoms with Crippen molar-refractivity contribution in [2.45, 2.75) is 39.2 Å². The zero-order valence-electron chi connectivity index (χ0n) is 48.7. The fourth-order valence-electron chi connectivity index (χ4n) is 8.57. The summed E-state index contributed by atoms with van der Waals surface area (Å²) in [6, 6.07) is 12.5. The summed E-state index contributed by atoms with van der Waals surface area (Å²) < 4.78 is 331. The highest BCUT2D eigenvalue weighted by Gasteiger charge is 2.31. The average molecular weight is 1610 g/mol.